The van der Waals surface area contributed by atoms with Crippen molar-refractivity contribution >= 4 is 17.1 Å². The molecule has 0 saturated carbocycles. The summed E-state index contributed by atoms with van der Waals surface area (Å²) >= 11 is 0. The minimum atomic E-state index is 0.0184. The van der Waals surface area contributed by atoms with Gasteiger partial charge in [-0.2, -0.15) is 0 Å². The Kier molecular flexibility index (Phi) is 7.58. The Morgan fingerprint density at radius 1 is 0.472 bits per heavy atom. The van der Waals surface area contributed by atoms with Gasteiger partial charge in [-0.15, -0.1) is 0 Å². The van der Waals surface area contributed by atoms with Crippen LogP contribution >= 0.6 is 0 Å². The van der Waals surface area contributed by atoms with E-state index in [1.54, 1.807) is 54.6 Å². The maximum absolute atomic E-state index is 9.74. The van der Waals surface area contributed by atoms with Gasteiger partial charge >= 0.3 is 0 Å². The molecule has 0 atom stereocenters. The lowest BCUT2D eigenvalue weighted by Gasteiger charge is -2.11. The molecule has 0 aliphatic carbocycles. The first-order valence-electron chi connectivity index (χ1n) is 11.3. The first-order chi connectivity index (χ1) is 17.5. The third-order valence-corrected chi connectivity index (χ3v) is 5.37. The molecule has 0 saturated heterocycles. The van der Waals surface area contributed by atoms with Crippen molar-refractivity contribution in [1.29, 1.82) is 0 Å². The van der Waals surface area contributed by atoms with Gasteiger partial charge in [0.2, 0.25) is 5.75 Å². The average molecular weight is 478 g/mol. The van der Waals surface area contributed by atoms with E-state index in [0.29, 0.717) is 28.6 Å². The Hall–Kier alpha value is -5.10. The zero-order chi connectivity index (χ0) is 25.3. The summed E-state index contributed by atoms with van der Waals surface area (Å²) in [4.78, 5) is 10.6. The van der Waals surface area contributed by atoms with E-state index in [4.69, 9.17) is 27.0 Å². The van der Waals surface area contributed by atoms with Crippen LogP contribution < -0.4 is 27.0 Å². The van der Waals surface area contributed by atoms with Crippen molar-refractivity contribution in [1.82, 2.24) is 0 Å². The molecular formula is C30H27N3O3. The van der Waals surface area contributed by atoms with Crippen LogP contribution in [-0.2, 0) is 0 Å². The van der Waals surface area contributed by atoms with Gasteiger partial charge in [0.15, 0.2) is 5.75 Å². The maximum Gasteiger partial charge on any atom is 0.202 e. The number of aromatic hydroxyl groups is 1. The highest BCUT2D eigenvalue weighted by Gasteiger charge is 2.08. The molecule has 5 aromatic carbocycles. The second-order valence-electron chi connectivity index (χ2n) is 7.99. The fraction of sp³-hybridized carbons (Fsp3) is 0. The first kappa shape index (κ1) is 24.0. The Balaban J connectivity index is 0.000000211. The molecule has 0 aliphatic rings. The molecule has 0 fully saturated rings. The Morgan fingerprint density at radius 3 is 1.56 bits per heavy atom. The number of anilines is 3. The summed E-state index contributed by atoms with van der Waals surface area (Å²) in [6.45, 7) is 0. The molecule has 7 N–H and O–H groups in total. The molecule has 36 heavy (non-hydrogen) atoms. The summed E-state index contributed by atoms with van der Waals surface area (Å²) in [6.07, 6.45) is 0. The van der Waals surface area contributed by atoms with Crippen molar-refractivity contribution in [2.24, 2.45) is 0 Å². The van der Waals surface area contributed by atoms with Crippen LogP contribution in [0.3, 0.4) is 0 Å². The minimum absolute atomic E-state index is 0.0184. The summed E-state index contributed by atoms with van der Waals surface area (Å²) < 4.78 is 0. The van der Waals surface area contributed by atoms with Crippen LogP contribution in [0, 0.1) is 0 Å². The highest BCUT2D eigenvalue weighted by atomic mass is 17.2. The van der Waals surface area contributed by atoms with Crippen LogP contribution in [0.5, 0.6) is 17.2 Å². The van der Waals surface area contributed by atoms with Gasteiger partial charge < -0.3 is 22.3 Å². The number of phenols is 1. The normalized spacial score (nSPS) is 10.1. The highest BCUT2D eigenvalue weighted by molar-refractivity contribution is 5.73. The van der Waals surface area contributed by atoms with Gasteiger partial charge in [-0.3, -0.25) is 9.78 Å². The van der Waals surface area contributed by atoms with Crippen LogP contribution in [0.15, 0.2) is 121 Å². The van der Waals surface area contributed by atoms with Crippen LogP contribution in [0.25, 0.3) is 22.3 Å². The van der Waals surface area contributed by atoms with E-state index in [2.05, 4.69) is 48.5 Å². The van der Waals surface area contributed by atoms with E-state index in [0.717, 1.165) is 11.1 Å². The zero-order valence-electron chi connectivity index (χ0n) is 19.5. The molecule has 0 spiro atoms. The topological polar surface area (TPSA) is 117 Å². The molecule has 0 aliphatic heterocycles. The average Bonchev–Trinajstić information content (AvgIpc) is 2.92. The van der Waals surface area contributed by atoms with Crippen molar-refractivity contribution in [2.75, 3.05) is 17.2 Å². The van der Waals surface area contributed by atoms with E-state index < -0.39 is 0 Å². The Morgan fingerprint density at radius 2 is 1.00 bits per heavy atom. The summed E-state index contributed by atoms with van der Waals surface area (Å²) in [7, 11) is 0. The predicted octanol–water partition coefficient (Wildman–Crippen LogP) is 6.53. The van der Waals surface area contributed by atoms with Gasteiger partial charge in [0, 0.05) is 5.69 Å². The van der Waals surface area contributed by atoms with Crippen LogP contribution in [-0.4, -0.2) is 5.11 Å². The number of nitrogens with two attached hydrogens (primary N) is 3. The second-order valence-corrected chi connectivity index (χ2v) is 7.99. The van der Waals surface area contributed by atoms with Gasteiger partial charge in [0.05, 0.1) is 11.4 Å². The molecular weight excluding hydrogens is 450 g/mol. The van der Waals surface area contributed by atoms with Crippen LogP contribution in [0.2, 0.25) is 0 Å². The Labute approximate surface area is 210 Å². The highest BCUT2D eigenvalue weighted by Crippen LogP contribution is 2.33. The molecule has 0 bridgehead atoms. The summed E-state index contributed by atoms with van der Waals surface area (Å²) in [5, 5.41) is 9.74. The number of phenolic OH excluding ortho intramolecular Hbond substituents is 1. The SMILES string of the molecule is Nc1ccc(OOc2cc(-c3ccc(N)c(O)c3)ccc2N)cc1.c1ccc(-c2ccccc2)cc1. The Bertz CT molecular complexity index is 1370. The van der Waals surface area contributed by atoms with Crippen molar-refractivity contribution < 1.29 is 14.9 Å². The summed E-state index contributed by atoms with van der Waals surface area (Å²) in [5.41, 5.74) is 22.7. The quantitative estimate of drug-likeness (QED) is 0.0989. The van der Waals surface area contributed by atoms with Gasteiger partial charge in [-0.1, -0.05) is 72.8 Å². The lowest BCUT2D eigenvalue weighted by Crippen LogP contribution is -2.03. The number of nitrogen functional groups attached to an aromatic ring is 3. The fourth-order valence-electron chi connectivity index (χ4n) is 3.39. The largest absolute Gasteiger partial charge is 0.506 e. The smallest absolute Gasteiger partial charge is 0.202 e. The molecule has 6 nitrogen and oxygen atoms in total. The maximum atomic E-state index is 9.74. The van der Waals surface area contributed by atoms with E-state index >= 15 is 0 Å². The van der Waals surface area contributed by atoms with Gasteiger partial charge in [0.25, 0.3) is 0 Å². The molecule has 5 aromatic rings. The van der Waals surface area contributed by atoms with Gasteiger partial charge in [-0.25, -0.2) is 0 Å². The van der Waals surface area contributed by atoms with Crippen molar-refractivity contribution in [3.8, 4) is 39.5 Å². The third kappa shape index (κ3) is 6.27. The lowest BCUT2D eigenvalue weighted by molar-refractivity contribution is -0.0991. The molecule has 180 valence electrons. The van der Waals surface area contributed by atoms with Crippen molar-refractivity contribution in [3.63, 3.8) is 0 Å². The fourth-order valence-corrected chi connectivity index (χ4v) is 3.39. The van der Waals surface area contributed by atoms with Gasteiger partial charge in [-0.05, 0) is 70.8 Å². The van der Waals surface area contributed by atoms with Crippen molar-refractivity contribution in [2.45, 2.75) is 0 Å². The first-order valence-corrected chi connectivity index (χ1v) is 11.3. The number of benzene rings is 5. The predicted molar refractivity (Wildman–Crippen MR) is 146 cm³/mol. The molecule has 0 unspecified atom stereocenters. The summed E-state index contributed by atoms with van der Waals surface area (Å²) in [6, 6.07) is 37.8. The number of hydrogen-bond donors (Lipinski definition) is 4. The number of hydrogen-bond acceptors (Lipinski definition) is 6. The third-order valence-electron chi connectivity index (χ3n) is 5.37. The van der Waals surface area contributed by atoms with Crippen LogP contribution in [0.4, 0.5) is 17.1 Å². The summed E-state index contributed by atoms with van der Waals surface area (Å²) in [5.74, 6) is 0.879. The van der Waals surface area contributed by atoms with Crippen LogP contribution in [0.1, 0.15) is 0 Å². The molecule has 0 radical (unpaired) electrons. The molecule has 5 rings (SSSR count). The molecule has 0 heterocycles. The standard InChI is InChI=1S/C18H17N3O3.C12H10/c19-13-3-5-14(6-4-13)23-24-18-10-12(2-8-16(18)21)11-1-7-15(20)17(22)9-11;1-3-7-11(8-4-1)12-9-5-2-6-10-12/h1-10,22H,19-21H2;1-10H. The van der Waals surface area contributed by atoms with Crippen molar-refractivity contribution in [3.05, 3.63) is 121 Å². The monoisotopic (exact) mass is 477 g/mol. The minimum Gasteiger partial charge on any atom is -0.506 e. The van der Waals surface area contributed by atoms with E-state index in [1.807, 2.05) is 18.2 Å². The lowest BCUT2D eigenvalue weighted by atomic mass is 10.0. The second kappa shape index (κ2) is 11.4. The van der Waals surface area contributed by atoms with E-state index in [9.17, 15) is 5.11 Å². The van der Waals surface area contributed by atoms with Gasteiger partial charge in [0.1, 0.15) is 5.75 Å². The number of rotatable bonds is 5. The zero-order valence-corrected chi connectivity index (χ0v) is 19.5. The molecule has 0 aromatic heterocycles. The molecule has 6 heteroatoms. The molecule has 0 amide bonds. The van der Waals surface area contributed by atoms with E-state index in [-0.39, 0.29) is 5.75 Å². The van der Waals surface area contributed by atoms with E-state index in [1.165, 1.54) is 11.1 Å².